The average molecular weight is 385 g/mol. The van der Waals surface area contributed by atoms with Crippen LogP contribution in [0.1, 0.15) is 5.56 Å². The summed E-state index contributed by atoms with van der Waals surface area (Å²) in [6.07, 6.45) is 0. The third-order valence-electron chi connectivity index (χ3n) is 4.82. The number of hydrogen-bond donors (Lipinski definition) is 2. The normalized spacial score (nSPS) is 10.6. The topological polar surface area (TPSA) is 59.2 Å². The fourth-order valence-electron chi connectivity index (χ4n) is 3.18. The summed E-state index contributed by atoms with van der Waals surface area (Å²) in [4.78, 5) is 0. The zero-order valence-corrected chi connectivity index (χ0v) is 16.7. The Kier molecular flexibility index (Phi) is 5.20. The van der Waals surface area contributed by atoms with Crippen LogP contribution in [-0.4, -0.2) is 24.4 Å². The summed E-state index contributed by atoms with van der Waals surface area (Å²) in [6.45, 7) is 2.07. The van der Waals surface area contributed by atoms with E-state index < -0.39 is 0 Å². The first-order valence-electron chi connectivity index (χ1n) is 9.38. The van der Waals surface area contributed by atoms with E-state index in [0.29, 0.717) is 0 Å². The molecule has 5 heteroatoms. The quantitative estimate of drug-likeness (QED) is 0.439. The number of aryl methyl sites for hydroxylation is 1. The van der Waals surface area contributed by atoms with Gasteiger partial charge in [-0.25, -0.2) is 0 Å². The molecule has 1 heterocycles. The predicted octanol–water partition coefficient (Wildman–Crippen LogP) is 5.81. The number of anilines is 2. The summed E-state index contributed by atoms with van der Waals surface area (Å²) >= 11 is 0. The number of ether oxygens (including phenoxy) is 2. The summed E-state index contributed by atoms with van der Waals surface area (Å²) in [5, 5.41) is 10.8. The molecule has 29 heavy (non-hydrogen) atoms. The van der Waals surface area contributed by atoms with Gasteiger partial charge in [-0.2, -0.15) is 5.10 Å². The van der Waals surface area contributed by atoms with Crippen molar-refractivity contribution in [1.82, 2.24) is 10.2 Å². The van der Waals surface area contributed by atoms with Crippen LogP contribution in [0.25, 0.3) is 22.4 Å². The number of methoxy groups -OCH3 is 2. The van der Waals surface area contributed by atoms with E-state index in [1.165, 1.54) is 5.56 Å². The van der Waals surface area contributed by atoms with Crippen molar-refractivity contribution in [2.24, 2.45) is 0 Å². The van der Waals surface area contributed by atoms with E-state index in [1.807, 2.05) is 36.4 Å². The van der Waals surface area contributed by atoms with Gasteiger partial charge in [0, 0.05) is 23.4 Å². The lowest BCUT2D eigenvalue weighted by Gasteiger charge is -2.11. The molecule has 0 atom stereocenters. The van der Waals surface area contributed by atoms with Crippen LogP contribution in [0, 0.1) is 6.92 Å². The Bertz CT molecular complexity index is 1100. The van der Waals surface area contributed by atoms with Gasteiger partial charge in [0.25, 0.3) is 0 Å². The number of H-pyrrole nitrogens is 1. The number of nitrogens with one attached hydrogen (secondary N) is 2. The molecule has 0 bridgehead atoms. The molecule has 0 spiro atoms. The molecular weight excluding hydrogens is 362 g/mol. The van der Waals surface area contributed by atoms with Crippen LogP contribution in [0.5, 0.6) is 11.5 Å². The van der Waals surface area contributed by atoms with Crippen molar-refractivity contribution in [3.8, 4) is 33.9 Å². The molecule has 1 aromatic heterocycles. The molecule has 0 unspecified atom stereocenters. The van der Waals surface area contributed by atoms with Crippen LogP contribution < -0.4 is 14.8 Å². The summed E-state index contributed by atoms with van der Waals surface area (Å²) in [7, 11) is 3.31. The SMILES string of the molecule is COc1ccc(-c2ccc(-c3cc(Nc4ccc(C)cc4)n[nH]3)cc2)c(OC)c1. The van der Waals surface area contributed by atoms with Crippen LogP contribution >= 0.6 is 0 Å². The van der Waals surface area contributed by atoms with Gasteiger partial charge in [-0.1, -0.05) is 42.0 Å². The molecule has 0 radical (unpaired) electrons. The first kappa shape index (κ1) is 18.6. The molecule has 5 nitrogen and oxygen atoms in total. The fourth-order valence-corrected chi connectivity index (χ4v) is 3.18. The Hall–Kier alpha value is -3.73. The van der Waals surface area contributed by atoms with E-state index in [9.17, 15) is 0 Å². The van der Waals surface area contributed by atoms with Crippen LogP contribution in [-0.2, 0) is 0 Å². The van der Waals surface area contributed by atoms with Gasteiger partial charge < -0.3 is 14.8 Å². The number of aromatic nitrogens is 2. The molecule has 0 saturated carbocycles. The number of hydrogen-bond acceptors (Lipinski definition) is 4. The van der Waals surface area contributed by atoms with Crippen LogP contribution in [0.3, 0.4) is 0 Å². The predicted molar refractivity (Wildman–Crippen MR) is 117 cm³/mol. The summed E-state index contributed by atoms with van der Waals surface area (Å²) in [5.74, 6) is 2.33. The van der Waals surface area contributed by atoms with Crippen molar-refractivity contribution < 1.29 is 9.47 Å². The molecule has 0 aliphatic carbocycles. The van der Waals surface area contributed by atoms with Gasteiger partial charge >= 0.3 is 0 Å². The lowest BCUT2D eigenvalue weighted by Crippen LogP contribution is -1.90. The number of nitrogens with zero attached hydrogens (tertiary/aromatic N) is 1. The van der Waals surface area contributed by atoms with Crippen molar-refractivity contribution in [3.63, 3.8) is 0 Å². The summed E-state index contributed by atoms with van der Waals surface area (Å²) in [6, 6.07) is 24.4. The zero-order chi connectivity index (χ0) is 20.2. The monoisotopic (exact) mass is 385 g/mol. The first-order valence-corrected chi connectivity index (χ1v) is 9.38. The first-order chi connectivity index (χ1) is 14.2. The van der Waals surface area contributed by atoms with Gasteiger partial charge in [-0.3, -0.25) is 5.10 Å². The zero-order valence-electron chi connectivity index (χ0n) is 16.7. The maximum absolute atomic E-state index is 5.52. The summed E-state index contributed by atoms with van der Waals surface area (Å²) < 4.78 is 10.8. The third kappa shape index (κ3) is 4.09. The highest BCUT2D eigenvalue weighted by atomic mass is 16.5. The van der Waals surface area contributed by atoms with Gasteiger partial charge in [0.2, 0.25) is 0 Å². The maximum atomic E-state index is 5.52. The lowest BCUT2D eigenvalue weighted by molar-refractivity contribution is 0.395. The van der Waals surface area contributed by atoms with Gasteiger partial charge in [0.05, 0.1) is 19.9 Å². The smallest absolute Gasteiger partial charge is 0.152 e. The molecule has 4 rings (SSSR count). The molecule has 4 aromatic rings. The second-order valence-corrected chi connectivity index (χ2v) is 6.80. The minimum absolute atomic E-state index is 0.772. The van der Waals surface area contributed by atoms with Crippen molar-refractivity contribution in [2.45, 2.75) is 6.92 Å². The molecular formula is C24H23N3O2. The van der Waals surface area contributed by atoms with Crippen molar-refractivity contribution in [3.05, 3.63) is 78.4 Å². The van der Waals surface area contributed by atoms with E-state index in [1.54, 1.807) is 14.2 Å². The highest BCUT2D eigenvalue weighted by Gasteiger charge is 2.09. The lowest BCUT2D eigenvalue weighted by atomic mass is 10.0. The molecule has 2 N–H and O–H groups in total. The second kappa shape index (κ2) is 8.10. The largest absolute Gasteiger partial charge is 0.497 e. The van der Waals surface area contributed by atoms with Gasteiger partial charge in [-0.15, -0.1) is 0 Å². The van der Waals surface area contributed by atoms with E-state index in [2.05, 4.69) is 58.8 Å². The molecule has 0 saturated heterocycles. The minimum Gasteiger partial charge on any atom is -0.497 e. The molecule has 0 aliphatic rings. The molecule has 0 aliphatic heterocycles. The Balaban J connectivity index is 1.54. The standard InChI is InChI=1S/C24H23N3O2/c1-16-4-10-19(11-5-16)25-24-15-22(26-27-24)18-8-6-17(7-9-18)21-13-12-20(28-2)14-23(21)29-3/h4-15H,1-3H3,(H2,25,26,27). The highest BCUT2D eigenvalue weighted by Crippen LogP contribution is 2.34. The Morgan fingerprint density at radius 2 is 1.52 bits per heavy atom. The Morgan fingerprint density at radius 3 is 2.21 bits per heavy atom. The molecule has 0 fully saturated rings. The van der Waals surface area contributed by atoms with E-state index in [0.717, 1.165) is 45.4 Å². The molecule has 146 valence electrons. The summed E-state index contributed by atoms with van der Waals surface area (Å²) in [5.41, 5.74) is 6.35. The van der Waals surface area contributed by atoms with Crippen LogP contribution in [0.15, 0.2) is 72.8 Å². The number of rotatable bonds is 6. The van der Waals surface area contributed by atoms with Crippen molar-refractivity contribution in [1.29, 1.82) is 0 Å². The fraction of sp³-hybridized carbons (Fsp3) is 0.125. The Labute approximate surface area is 170 Å². The van der Waals surface area contributed by atoms with Gasteiger partial charge in [0.1, 0.15) is 11.5 Å². The average Bonchev–Trinajstić information content (AvgIpc) is 3.23. The number of benzene rings is 3. The minimum atomic E-state index is 0.772. The van der Waals surface area contributed by atoms with Gasteiger partial charge in [0.15, 0.2) is 5.82 Å². The molecule has 3 aromatic carbocycles. The second-order valence-electron chi connectivity index (χ2n) is 6.80. The van der Waals surface area contributed by atoms with E-state index >= 15 is 0 Å². The van der Waals surface area contributed by atoms with E-state index in [4.69, 9.17) is 9.47 Å². The van der Waals surface area contributed by atoms with Crippen LogP contribution in [0.4, 0.5) is 11.5 Å². The van der Waals surface area contributed by atoms with Gasteiger partial charge in [-0.05, 0) is 42.3 Å². The maximum Gasteiger partial charge on any atom is 0.152 e. The van der Waals surface area contributed by atoms with Crippen LogP contribution in [0.2, 0.25) is 0 Å². The van der Waals surface area contributed by atoms with Crippen molar-refractivity contribution in [2.75, 3.05) is 19.5 Å². The van der Waals surface area contributed by atoms with Crippen molar-refractivity contribution >= 4 is 11.5 Å². The molecule has 0 amide bonds. The number of aromatic amines is 1. The third-order valence-corrected chi connectivity index (χ3v) is 4.82. The van der Waals surface area contributed by atoms with E-state index in [-0.39, 0.29) is 0 Å². The Morgan fingerprint density at radius 1 is 0.793 bits per heavy atom. The highest BCUT2D eigenvalue weighted by molar-refractivity contribution is 5.75.